The van der Waals surface area contributed by atoms with Gasteiger partial charge < -0.3 is 14.4 Å². The molecule has 0 aliphatic rings. The molecule has 0 spiro atoms. The molecule has 0 fully saturated rings. The van der Waals surface area contributed by atoms with E-state index in [0.29, 0.717) is 39.3 Å². The van der Waals surface area contributed by atoms with Gasteiger partial charge in [0.2, 0.25) is 5.91 Å². The minimum Gasteiger partial charge on any atom is -0.466 e. The van der Waals surface area contributed by atoms with Crippen LogP contribution < -0.4 is 0 Å². The van der Waals surface area contributed by atoms with Crippen molar-refractivity contribution in [3.05, 3.63) is 35.9 Å². The van der Waals surface area contributed by atoms with E-state index < -0.39 is 0 Å². The highest BCUT2D eigenvalue weighted by Crippen LogP contribution is 2.05. The van der Waals surface area contributed by atoms with Gasteiger partial charge in [0.15, 0.2) is 0 Å². The van der Waals surface area contributed by atoms with E-state index in [1.54, 1.807) is 11.8 Å². The Balaban J connectivity index is 2.53. The second-order valence-corrected chi connectivity index (χ2v) is 5.15. The van der Waals surface area contributed by atoms with E-state index >= 15 is 0 Å². The molecule has 0 saturated carbocycles. The highest BCUT2D eigenvalue weighted by atomic mass is 16.5. The minimum absolute atomic E-state index is 0.0250. The Morgan fingerprint density at radius 1 is 1.04 bits per heavy atom. The molecule has 1 aromatic rings. The summed E-state index contributed by atoms with van der Waals surface area (Å²) in [4.78, 5) is 25.7. The summed E-state index contributed by atoms with van der Waals surface area (Å²) < 4.78 is 10.2. The average Bonchev–Trinajstić information content (AvgIpc) is 2.55. The van der Waals surface area contributed by atoms with Gasteiger partial charge in [0.05, 0.1) is 19.4 Å². The van der Waals surface area contributed by atoms with Crippen molar-refractivity contribution >= 4 is 11.9 Å². The fourth-order valence-corrected chi connectivity index (χ4v) is 2.20. The van der Waals surface area contributed by atoms with Gasteiger partial charge in [-0.2, -0.15) is 0 Å². The number of hydrogen-bond acceptors (Lipinski definition) is 4. The summed E-state index contributed by atoms with van der Waals surface area (Å²) in [5.41, 5.74) is 0.975. The molecule has 0 heterocycles. The quantitative estimate of drug-likeness (QED) is 0.464. The molecule has 0 atom stereocenters. The Kier molecular flexibility index (Phi) is 9.71. The van der Waals surface area contributed by atoms with Crippen LogP contribution >= 0.6 is 0 Å². The van der Waals surface area contributed by atoms with E-state index in [0.717, 1.165) is 12.0 Å². The molecule has 23 heavy (non-hydrogen) atoms. The number of benzene rings is 1. The molecular formula is C18H27NO4. The lowest BCUT2D eigenvalue weighted by Gasteiger charge is -2.22. The Bertz CT molecular complexity index is 461. The third-order valence-electron chi connectivity index (χ3n) is 3.36. The van der Waals surface area contributed by atoms with Crippen LogP contribution in [0.2, 0.25) is 0 Å². The standard InChI is InChI=1S/C18H27NO4/c1-3-22-14-8-12-19(13-11-18(21)23-4-2)17(20)15-16-9-6-5-7-10-16/h5-7,9-10H,3-4,8,11-15H2,1-2H3. The van der Waals surface area contributed by atoms with Gasteiger partial charge in [-0.05, 0) is 25.8 Å². The molecular weight excluding hydrogens is 294 g/mol. The zero-order valence-corrected chi connectivity index (χ0v) is 14.1. The van der Waals surface area contributed by atoms with Gasteiger partial charge in [0.1, 0.15) is 0 Å². The van der Waals surface area contributed by atoms with Gasteiger partial charge in [-0.1, -0.05) is 30.3 Å². The third kappa shape index (κ3) is 8.35. The molecule has 0 aromatic heterocycles. The van der Waals surface area contributed by atoms with Crippen LogP contribution in [0, 0.1) is 0 Å². The predicted octanol–water partition coefficient (Wildman–Crippen LogP) is 2.44. The van der Waals surface area contributed by atoms with E-state index in [-0.39, 0.29) is 18.3 Å². The van der Waals surface area contributed by atoms with Crippen LogP contribution in [0.4, 0.5) is 0 Å². The first-order valence-electron chi connectivity index (χ1n) is 8.22. The topological polar surface area (TPSA) is 55.8 Å². The molecule has 0 bridgehead atoms. The first kappa shape index (κ1) is 19.2. The number of carbonyl (C=O) groups excluding carboxylic acids is 2. The molecule has 1 amide bonds. The van der Waals surface area contributed by atoms with Crippen LogP contribution in [0.15, 0.2) is 30.3 Å². The van der Waals surface area contributed by atoms with Crippen LogP contribution in [-0.4, -0.2) is 49.7 Å². The number of nitrogens with zero attached hydrogens (tertiary/aromatic N) is 1. The van der Waals surface area contributed by atoms with Crippen LogP contribution in [0.1, 0.15) is 32.3 Å². The normalized spacial score (nSPS) is 10.3. The maximum atomic E-state index is 12.5. The maximum Gasteiger partial charge on any atom is 0.307 e. The van der Waals surface area contributed by atoms with Crippen molar-refractivity contribution in [2.75, 3.05) is 32.9 Å². The van der Waals surface area contributed by atoms with Gasteiger partial charge in [0, 0.05) is 26.3 Å². The Morgan fingerprint density at radius 2 is 1.78 bits per heavy atom. The van der Waals surface area contributed by atoms with Crippen LogP contribution in [0.5, 0.6) is 0 Å². The van der Waals surface area contributed by atoms with Crippen molar-refractivity contribution in [2.24, 2.45) is 0 Å². The number of ether oxygens (including phenoxy) is 2. The SMILES string of the molecule is CCOCCCN(CCC(=O)OCC)C(=O)Cc1ccccc1. The monoisotopic (exact) mass is 321 g/mol. The lowest BCUT2D eigenvalue weighted by Crippen LogP contribution is -2.35. The number of amides is 1. The molecule has 5 heteroatoms. The van der Waals surface area contributed by atoms with Gasteiger partial charge in [-0.15, -0.1) is 0 Å². The molecule has 1 aromatic carbocycles. The summed E-state index contributed by atoms with van der Waals surface area (Å²) in [5, 5.41) is 0. The summed E-state index contributed by atoms with van der Waals surface area (Å²) in [7, 11) is 0. The molecule has 0 saturated heterocycles. The van der Waals surface area contributed by atoms with Crippen molar-refractivity contribution in [3.8, 4) is 0 Å². The summed E-state index contributed by atoms with van der Waals surface area (Å²) in [6.45, 7) is 6.34. The molecule has 0 unspecified atom stereocenters. The van der Waals surface area contributed by atoms with Crippen LogP contribution in [-0.2, 0) is 25.5 Å². The van der Waals surface area contributed by atoms with E-state index in [1.165, 1.54) is 0 Å². The van der Waals surface area contributed by atoms with E-state index in [4.69, 9.17) is 9.47 Å². The lowest BCUT2D eigenvalue weighted by molar-refractivity contribution is -0.144. The first-order chi connectivity index (χ1) is 11.2. The summed E-state index contributed by atoms with van der Waals surface area (Å²) in [5.74, 6) is -0.244. The number of esters is 1. The molecule has 0 aliphatic heterocycles. The van der Waals surface area contributed by atoms with Crippen molar-refractivity contribution in [3.63, 3.8) is 0 Å². The molecule has 128 valence electrons. The fraction of sp³-hybridized carbons (Fsp3) is 0.556. The van der Waals surface area contributed by atoms with Crippen molar-refractivity contribution in [1.82, 2.24) is 4.90 Å². The number of rotatable bonds is 11. The molecule has 0 radical (unpaired) electrons. The first-order valence-corrected chi connectivity index (χ1v) is 8.22. The highest BCUT2D eigenvalue weighted by Gasteiger charge is 2.15. The second-order valence-electron chi connectivity index (χ2n) is 5.15. The largest absolute Gasteiger partial charge is 0.466 e. The average molecular weight is 321 g/mol. The zero-order chi connectivity index (χ0) is 16.9. The van der Waals surface area contributed by atoms with Crippen LogP contribution in [0.3, 0.4) is 0 Å². The Morgan fingerprint density at radius 3 is 2.43 bits per heavy atom. The number of hydrogen-bond donors (Lipinski definition) is 0. The van der Waals surface area contributed by atoms with Crippen molar-refractivity contribution < 1.29 is 19.1 Å². The summed E-state index contributed by atoms with van der Waals surface area (Å²) in [6, 6.07) is 9.62. The third-order valence-corrected chi connectivity index (χ3v) is 3.36. The second kappa shape index (κ2) is 11.7. The molecule has 0 N–H and O–H groups in total. The van der Waals surface area contributed by atoms with Gasteiger partial charge in [-0.25, -0.2) is 0 Å². The fourth-order valence-electron chi connectivity index (χ4n) is 2.20. The number of carbonyl (C=O) groups is 2. The smallest absolute Gasteiger partial charge is 0.307 e. The molecule has 1 rings (SSSR count). The highest BCUT2D eigenvalue weighted by molar-refractivity contribution is 5.79. The maximum absolute atomic E-state index is 12.5. The van der Waals surface area contributed by atoms with Gasteiger partial charge in [-0.3, -0.25) is 9.59 Å². The van der Waals surface area contributed by atoms with E-state index in [2.05, 4.69) is 0 Å². The van der Waals surface area contributed by atoms with Crippen molar-refractivity contribution in [2.45, 2.75) is 33.1 Å². The van der Waals surface area contributed by atoms with E-state index in [1.807, 2.05) is 37.3 Å². The Hall–Kier alpha value is -1.88. The van der Waals surface area contributed by atoms with Crippen LogP contribution in [0.25, 0.3) is 0 Å². The summed E-state index contributed by atoms with van der Waals surface area (Å²) in [6.07, 6.45) is 1.33. The Labute approximate surface area is 138 Å². The molecule has 0 aliphatic carbocycles. The van der Waals surface area contributed by atoms with Crippen molar-refractivity contribution in [1.29, 1.82) is 0 Å². The van der Waals surface area contributed by atoms with Gasteiger partial charge in [0.25, 0.3) is 0 Å². The zero-order valence-electron chi connectivity index (χ0n) is 14.1. The summed E-state index contributed by atoms with van der Waals surface area (Å²) >= 11 is 0. The molecule has 5 nitrogen and oxygen atoms in total. The lowest BCUT2D eigenvalue weighted by atomic mass is 10.1. The predicted molar refractivity (Wildman–Crippen MR) is 89.1 cm³/mol. The van der Waals surface area contributed by atoms with Gasteiger partial charge >= 0.3 is 5.97 Å². The van der Waals surface area contributed by atoms with E-state index in [9.17, 15) is 9.59 Å². The minimum atomic E-state index is -0.269.